The van der Waals surface area contributed by atoms with Gasteiger partial charge in [0.15, 0.2) is 0 Å². The molecule has 0 spiro atoms. The third-order valence-corrected chi connectivity index (χ3v) is 14.3. The van der Waals surface area contributed by atoms with Crippen LogP contribution in [0.5, 0.6) is 0 Å². The number of anilines is 3. The molecule has 11 aromatic carbocycles. The SMILES string of the molecule is c1ccc(N(c2ccc(-c3ccc(-c4cccc5ccccc45)cc3)cc2)c2ccc(-c3cccc4c3sc3ccccc34)cc2)c(-c2cccc3c2oc2cc4ccccc4cc23)c1. The fourth-order valence-electron chi connectivity index (χ4n) is 9.91. The van der Waals surface area contributed by atoms with Crippen molar-refractivity contribution >= 4 is 92.1 Å². The Morgan fingerprint density at radius 2 is 0.831 bits per heavy atom. The van der Waals surface area contributed by atoms with E-state index in [1.807, 2.05) is 11.3 Å². The van der Waals surface area contributed by atoms with Gasteiger partial charge in [0.1, 0.15) is 11.2 Å². The highest BCUT2D eigenvalue weighted by Gasteiger charge is 2.21. The Kier molecular flexibility index (Phi) is 8.75. The summed E-state index contributed by atoms with van der Waals surface area (Å²) in [6, 6.07) is 85.8. The number of rotatable bonds is 7. The van der Waals surface area contributed by atoms with Gasteiger partial charge < -0.3 is 9.32 Å². The lowest BCUT2D eigenvalue weighted by molar-refractivity contribution is 0.670. The Morgan fingerprint density at radius 3 is 1.62 bits per heavy atom. The number of nitrogens with zero attached hydrogens (tertiary/aromatic N) is 1. The molecule has 2 aromatic heterocycles. The molecule has 0 bridgehead atoms. The van der Waals surface area contributed by atoms with Crippen molar-refractivity contribution in [2.24, 2.45) is 0 Å². The molecule has 13 aromatic rings. The van der Waals surface area contributed by atoms with Crippen LogP contribution in [0.25, 0.3) is 108 Å². The number of para-hydroxylation sites is 2. The van der Waals surface area contributed by atoms with Gasteiger partial charge >= 0.3 is 0 Å². The van der Waals surface area contributed by atoms with Gasteiger partial charge in [0.25, 0.3) is 0 Å². The van der Waals surface area contributed by atoms with Gasteiger partial charge in [-0.25, -0.2) is 0 Å². The molecule has 0 aliphatic heterocycles. The fourth-order valence-corrected chi connectivity index (χ4v) is 11.1. The van der Waals surface area contributed by atoms with Gasteiger partial charge in [-0.05, 0) is 103 Å². The van der Waals surface area contributed by atoms with E-state index in [0.717, 1.165) is 55.7 Å². The number of thiophene rings is 1. The van der Waals surface area contributed by atoms with Crippen molar-refractivity contribution in [1.29, 1.82) is 0 Å². The van der Waals surface area contributed by atoms with Crippen molar-refractivity contribution in [3.63, 3.8) is 0 Å². The predicted molar refractivity (Wildman–Crippen MR) is 278 cm³/mol. The van der Waals surface area contributed by atoms with Gasteiger partial charge in [-0.3, -0.25) is 0 Å². The molecule has 13 rings (SSSR count). The van der Waals surface area contributed by atoms with E-state index in [9.17, 15) is 0 Å². The van der Waals surface area contributed by atoms with Crippen LogP contribution in [0.2, 0.25) is 0 Å². The first kappa shape index (κ1) is 37.3. The van der Waals surface area contributed by atoms with Gasteiger partial charge in [0.2, 0.25) is 0 Å². The molecule has 2 heterocycles. The van der Waals surface area contributed by atoms with Gasteiger partial charge in [-0.15, -0.1) is 11.3 Å². The summed E-state index contributed by atoms with van der Waals surface area (Å²) in [6.45, 7) is 0. The molecule has 3 heteroatoms. The van der Waals surface area contributed by atoms with Crippen molar-refractivity contribution in [3.8, 4) is 44.5 Å². The lowest BCUT2D eigenvalue weighted by Crippen LogP contribution is -2.11. The maximum Gasteiger partial charge on any atom is 0.143 e. The topological polar surface area (TPSA) is 16.4 Å². The minimum absolute atomic E-state index is 0.888. The first-order valence-corrected chi connectivity index (χ1v) is 23.0. The third kappa shape index (κ3) is 6.31. The smallest absolute Gasteiger partial charge is 0.143 e. The zero-order chi connectivity index (χ0) is 42.8. The molecule has 0 radical (unpaired) electrons. The molecule has 0 aliphatic carbocycles. The summed E-state index contributed by atoms with van der Waals surface area (Å²) in [5, 5.41) is 9.74. The molecular weight excluding hydrogens is 807 g/mol. The summed E-state index contributed by atoms with van der Waals surface area (Å²) in [5.74, 6) is 0. The Morgan fingerprint density at radius 1 is 0.323 bits per heavy atom. The van der Waals surface area contributed by atoms with Crippen molar-refractivity contribution in [2.45, 2.75) is 0 Å². The van der Waals surface area contributed by atoms with Crippen LogP contribution in [0, 0.1) is 0 Å². The summed E-state index contributed by atoms with van der Waals surface area (Å²) < 4.78 is 9.45. The minimum atomic E-state index is 0.888. The summed E-state index contributed by atoms with van der Waals surface area (Å²) in [6.07, 6.45) is 0. The standard InChI is InChI=1S/C62H39NOS/c1-2-14-46-39-59-57(38-45(46)13-1)55-22-11-21-54(61(55)64-59)52-17-5-7-24-58(52)63(48-36-32-44(33-37-48)51-20-10-23-56-53-18-6-8-25-60(53)65-62(51)56)47-34-30-41(31-35-47)40-26-28-43(29-27-40)50-19-9-15-42-12-3-4-16-49(42)50/h1-39H. The van der Waals surface area contributed by atoms with Crippen molar-refractivity contribution in [1.82, 2.24) is 0 Å². The second kappa shape index (κ2) is 15.2. The first-order chi connectivity index (χ1) is 32.2. The van der Waals surface area contributed by atoms with E-state index in [-0.39, 0.29) is 0 Å². The average molecular weight is 846 g/mol. The summed E-state index contributed by atoms with van der Waals surface area (Å²) in [4.78, 5) is 2.39. The molecule has 304 valence electrons. The lowest BCUT2D eigenvalue weighted by atomic mass is 9.96. The number of hydrogen-bond acceptors (Lipinski definition) is 3. The van der Waals surface area contributed by atoms with Gasteiger partial charge in [0, 0.05) is 53.4 Å². The highest BCUT2D eigenvalue weighted by molar-refractivity contribution is 7.26. The second-order valence-corrected chi connectivity index (χ2v) is 17.9. The van der Waals surface area contributed by atoms with E-state index in [0.29, 0.717) is 0 Å². The Labute approximate surface area is 380 Å². The second-order valence-electron chi connectivity index (χ2n) is 16.8. The van der Waals surface area contributed by atoms with Gasteiger partial charge in [-0.1, -0.05) is 188 Å². The predicted octanol–water partition coefficient (Wildman–Crippen LogP) is 18.4. The largest absolute Gasteiger partial charge is 0.455 e. The maximum absolute atomic E-state index is 6.82. The number of hydrogen-bond donors (Lipinski definition) is 0. The summed E-state index contributed by atoms with van der Waals surface area (Å²) in [7, 11) is 0. The molecule has 0 saturated heterocycles. The van der Waals surface area contributed by atoms with E-state index in [1.165, 1.54) is 69.5 Å². The van der Waals surface area contributed by atoms with Crippen LogP contribution < -0.4 is 4.90 Å². The number of furan rings is 1. The van der Waals surface area contributed by atoms with Crippen LogP contribution in [0.1, 0.15) is 0 Å². The lowest BCUT2D eigenvalue weighted by Gasteiger charge is -2.28. The Balaban J connectivity index is 0.929. The molecule has 0 saturated carbocycles. The van der Waals surface area contributed by atoms with Crippen LogP contribution in [0.15, 0.2) is 241 Å². The fraction of sp³-hybridized carbons (Fsp3) is 0. The number of fused-ring (bicyclic) bond motifs is 8. The van der Waals surface area contributed by atoms with Crippen LogP contribution >= 0.6 is 11.3 Å². The Bertz CT molecular complexity index is 3930. The quantitative estimate of drug-likeness (QED) is 0.159. The molecule has 0 amide bonds. The molecular formula is C62H39NOS. The van der Waals surface area contributed by atoms with E-state index in [1.54, 1.807) is 0 Å². The maximum atomic E-state index is 6.82. The van der Waals surface area contributed by atoms with Crippen molar-refractivity contribution in [3.05, 3.63) is 237 Å². The molecule has 0 N–H and O–H groups in total. The van der Waals surface area contributed by atoms with Gasteiger partial charge in [0.05, 0.1) is 5.69 Å². The zero-order valence-electron chi connectivity index (χ0n) is 35.3. The van der Waals surface area contributed by atoms with Crippen LogP contribution in [-0.4, -0.2) is 0 Å². The summed E-state index contributed by atoms with van der Waals surface area (Å²) in [5.41, 5.74) is 14.4. The molecule has 0 aliphatic rings. The minimum Gasteiger partial charge on any atom is -0.455 e. The monoisotopic (exact) mass is 845 g/mol. The molecule has 0 unspecified atom stereocenters. The highest BCUT2D eigenvalue weighted by atomic mass is 32.1. The van der Waals surface area contributed by atoms with E-state index < -0.39 is 0 Å². The van der Waals surface area contributed by atoms with E-state index in [2.05, 4.69) is 241 Å². The third-order valence-electron chi connectivity index (χ3n) is 13.1. The van der Waals surface area contributed by atoms with Crippen molar-refractivity contribution < 1.29 is 4.42 Å². The van der Waals surface area contributed by atoms with Crippen LogP contribution in [-0.2, 0) is 0 Å². The molecule has 2 nitrogen and oxygen atoms in total. The normalized spacial score (nSPS) is 11.7. The van der Waals surface area contributed by atoms with Crippen molar-refractivity contribution in [2.75, 3.05) is 4.90 Å². The van der Waals surface area contributed by atoms with Gasteiger partial charge in [-0.2, -0.15) is 0 Å². The summed E-state index contributed by atoms with van der Waals surface area (Å²) >= 11 is 1.87. The number of benzene rings is 11. The zero-order valence-corrected chi connectivity index (χ0v) is 36.1. The molecule has 65 heavy (non-hydrogen) atoms. The van der Waals surface area contributed by atoms with E-state index in [4.69, 9.17) is 4.42 Å². The highest BCUT2D eigenvalue weighted by Crippen LogP contribution is 2.46. The van der Waals surface area contributed by atoms with Crippen LogP contribution in [0.4, 0.5) is 17.1 Å². The van der Waals surface area contributed by atoms with Crippen LogP contribution in [0.3, 0.4) is 0 Å². The molecule has 0 fully saturated rings. The molecule has 0 atom stereocenters. The van der Waals surface area contributed by atoms with E-state index >= 15 is 0 Å². The first-order valence-electron chi connectivity index (χ1n) is 22.1. The Hall–Kier alpha value is -8.24. The average Bonchev–Trinajstić information content (AvgIpc) is 3.94.